The Balaban J connectivity index is 0.000000671. The van der Waals surface area contributed by atoms with Gasteiger partial charge in [0, 0.05) is 0 Å². The van der Waals surface area contributed by atoms with Crippen molar-refractivity contribution in [2.24, 2.45) is 0 Å². The van der Waals surface area contributed by atoms with Crippen molar-refractivity contribution in [1.82, 2.24) is 0 Å². The number of nitrogens with zero attached hydrogens (tertiary/aromatic N) is 1. The molecule has 1 unspecified atom stereocenters. The first-order valence-corrected chi connectivity index (χ1v) is 4.83. The molecule has 0 saturated heterocycles. The Kier molecular flexibility index (Phi) is 6.63. The molecule has 0 aliphatic carbocycles. The highest BCUT2D eigenvalue weighted by atomic mass is 14.3. The van der Waals surface area contributed by atoms with E-state index in [1.807, 2.05) is 51.1 Å². The quantitative estimate of drug-likeness (QED) is 0.671. The minimum atomic E-state index is 0.0659. The van der Waals surface area contributed by atoms with Gasteiger partial charge in [-0.3, -0.25) is 0 Å². The van der Waals surface area contributed by atoms with Crippen LogP contribution in [0.25, 0.3) is 0 Å². The summed E-state index contributed by atoms with van der Waals surface area (Å²) in [6.07, 6.45) is 0.889. The van der Waals surface area contributed by atoms with E-state index in [1.54, 1.807) is 0 Å². The molecule has 0 heterocycles. The molecule has 0 fully saturated rings. The average molecular weight is 175 g/mol. The van der Waals surface area contributed by atoms with Crippen LogP contribution in [-0.4, -0.2) is 0 Å². The SMILES string of the molecule is CC.CCC(C#N)c1ccccc1. The Labute approximate surface area is 81.0 Å². The smallest absolute Gasteiger partial charge is 0.0710 e. The van der Waals surface area contributed by atoms with Gasteiger partial charge >= 0.3 is 0 Å². The fourth-order valence-electron chi connectivity index (χ4n) is 1.09. The molecule has 1 nitrogen and oxygen atoms in total. The average Bonchev–Trinajstić information content (AvgIpc) is 2.24. The summed E-state index contributed by atoms with van der Waals surface area (Å²) < 4.78 is 0. The van der Waals surface area contributed by atoms with E-state index in [9.17, 15) is 0 Å². The summed E-state index contributed by atoms with van der Waals surface area (Å²) in [5, 5.41) is 8.73. The molecule has 0 spiro atoms. The number of rotatable bonds is 2. The lowest BCUT2D eigenvalue weighted by Gasteiger charge is -2.03. The maximum atomic E-state index is 8.73. The second kappa shape index (κ2) is 7.36. The Morgan fingerprint density at radius 3 is 2.15 bits per heavy atom. The van der Waals surface area contributed by atoms with E-state index < -0.39 is 0 Å². The molecule has 0 bridgehead atoms. The van der Waals surface area contributed by atoms with Gasteiger partial charge in [-0.25, -0.2) is 0 Å². The van der Waals surface area contributed by atoms with Crippen LogP contribution in [0.5, 0.6) is 0 Å². The normalized spacial score (nSPS) is 10.6. The molecule has 0 amide bonds. The van der Waals surface area contributed by atoms with Gasteiger partial charge in [0.25, 0.3) is 0 Å². The zero-order valence-corrected chi connectivity index (χ0v) is 8.62. The first kappa shape index (κ1) is 11.7. The minimum Gasteiger partial charge on any atom is -0.198 e. The zero-order valence-electron chi connectivity index (χ0n) is 8.62. The van der Waals surface area contributed by atoms with Crippen molar-refractivity contribution in [3.8, 4) is 6.07 Å². The second-order valence-corrected chi connectivity index (χ2v) is 2.50. The summed E-state index contributed by atoms with van der Waals surface area (Å²) in [4.78, 5) is 0. The first-order chi connectivity index (χ1) is 6.38. The van der Waals surface area contributed by atoms with Gasteiger partial charge in [-0.1, -0.05) is 51.1 Å². The molecule has 1 atom stereocenters. The standard InChI is InChI=1S/C10H11N.C2H6/c1-2-9(8-11)10-6-4-3-5-7-10;1-2/h3-7,9H,2H2,1H3;1-2H3. The van der Waals surface area contributed by atoms with Crippen LogP contribution < -0.4 is 0 Å². The van der Waals surface area contributed by atoms with Crippen molar-refractivity contribution >= 4 is 0 Å². The second-order valence-electron chi connectivity index (χ2n) is 2.50. The molecular weight excluding hydrogens is 158 g/mol. The van der Waals surface area contributed by atoms with Gasteiger partial charge < -0.3 is 0 Å². The Bertz CT molecular complexity index is 246. The Hall–Kier alpha value is -1.29. The molecule has 13 heavy (non-hydrogen) atoms. The summed E-state index contributed by atoms with van der Waals surface area (Å²) in [7, 11) is 0. The van der Waals surface area contributed by atoms with E-state index >= 15 is 0 Å². The van der Waals surface area contributed by atoms with Crippen molar-refractivity contribution < 1.29 is 0 Å². The van der Waals surface area contributed by atoms with Crippen LogP contribution in [0.2, 0.25) is 0 Å². The fourth-order valence-corrected chi connectivity index (χ4v) is 1.09. The molecule has 1 aromatic carbocycles. The molecule has 0 aliphatic rings. The third-order valence-electron chi connectivity index (χ3n) is 1.77. The van der Waals surface area contributed by atoms with Crippen LogP contribution in [0.3, 0.4) is 0 Å². The first-order valence-electron chi connectivity index (χ1n) is 4.83. The van der Waals surface area contributed by atoms with Gasteiger partial charge in [0.15, 0.2) is 0 Å². The molecule has 70 valence electrons. The van der Waals surface area contributed by atoms with Crippen LogP contribution in [0.1, 0.15) is 38.7 Å². The molecule has 0 aromatic heterocycles. The summed E-state index contributed by atoms with van der Waals surface area (Å²) in [5.41, 5.74) is 1.12. The molecule has 0 aliphatic heterocycles. The largest absolute Gasteiger partial charge is 0.198 e. The van der Waals surface area contributed by atoms with Crippen LogP contribution in [0, 0.1) is 11.3 Å². The van der Waals surface area contributed by atoms with Crippen LogP contribution in [-0.2, 0) is 0 Å². The molecular formula is C12H17N. The number of hydrogen-bond acceptors (Lipinski definition) is 1. The van der Waals surface area contributed by atoms with Gasteiger partial charge in [0.2, 0.25) is 0 Å². The van der Waals surface area contributed by atoms with Crippen LogP contribution in [0.15, 0.2) is 30.3 Å². The zero-order chi connectivity index (χ0) is 10.1. The lowest BCUT2D eigenvalue weighted by molar-refractivity contribution is 0.818. The molecule has 0 radical (unpaired) electrons. The highest BCUT2D eigenvalue weighted by Gasteiger charge is 2.04. The van der Waals surface area contributed by atoms with Crippen LogP contribution >= 0.6 is 0 Å². The van der Waals surface area contributed by atoms with Gasteiger partial charge in [-0.15, -0.1) is 0 Å². The summed E-state index contributed by atoms with van der Waals surface area (Å²) in [6, 6.07) is 12.2. The number of benzene rings is 1. The Morgan fingerprint density at radius 2 is 1.77 bits per heavy atom. The van der Waals surface area contributed by atoms with E-state index in [1.165, 1.54) is 0 Å². The lowest BCUT2D eigenvalue weighted by Crippen LogP contribution is -1.91. The van der Waals surface area contributed by atoms with E-state index in [4.69, 9.17) is 5.26 Å². The van der Waals surface area contributed by atoms with Crippen LogP contribution in [0.4, 0.5) is 0 Å². The van der Waals surface area contributed by atoms with Gasteiger partial charge in [-0.2, -0.15) is 5.26 Å². The summed E-state index contributed by atoms with van der Waals surface area (Å²) in [6.45, 7) is 6.03. The van der Waals surface area contributed by atoms with Gasteiger partial charge in [0.1, 0.15) is 0 Å². The predicted molar refractivity (Wildman–Crippen MR) is 56.4 cm³/mol. The minimum absolute atomic E-state index is 0.0659. The van der Waals surface area contributed by atoms with E-state index in [0.717, 1.165) is 12.0 Å². The van der Waals surface area contributed by atoms with Crippen molar-refractivity contribution in [1.29, 1.82) is 5.26 Å². The van der Waals surface area contributed by atoms with Crippen molar-refractivity contribution in [2.75, 3.05) is 0 Å². The topological polar surface area (TPSA) is 23.8 Å². The van der Waals surface area contributed by atoms with Gasteiger partial charge in [-0.05, 0) is 12.0 Å². The predicted octanol–water partition coefficient (Wildman–Crippen LogP) is 3.73. The third-order valence-corrected chi connectivity index (χ3v) is 1.77. The lowest BCUT2D eigenvalue weighted by atomic mass is 9.99. The molecule has 1 aromatic rings. The Morgan fingerprint density at radius 1 is 1.23 bits per heavy atom. The number of nitriles is 1. The highest BCUT2D eigenvalue weighted by Crippen LogP contribution is 2.16. The fraction of sp³-hybridized carbons (Fsp3) is 0.417. The summed E-state index contributed by atoms with van der Waals surface area (Å²) >= 11 is 0. The van der Waals surface area contributed by atoms with E-state index in [2.05, 4.69) is 6.07 Å². The number of hydrogen-bond donors (Lipinski definition) is 0. The van der Waals surface area contributed by atoms with Gasteiger partial charge in [0.05, 0.1) is 12.0 Å². The highest BCUT2D eigenvalue weighted by molar-refractivity contribution is 5.24. The maximum Gasteiger partial charge on any atom is 0.0710 e. The molecule has 0 saturated carbocycles. The van der Waals surface area contributed by atoms with Crippen molar-refractivity contribution in [2.45, 2.75) is 33.1 Å². The molecule has 1 heteroatoms. The van der Waals surface area contributed by atoms with Crippen molar-refractivity contribution in [3.05, 3.63) is 35.9 Å². The van der Waals surface area contributed by atoms with Crippen molar-refractivity contribution in [3.63, 3.8) is 0 Å². The summed E-state index contributed by atoms with van der Waals surface area (Å²) in [5.74, 6) is 0.0659. The van der Waals surface area contributed by atoms with E-state index in [0.29, 0.717) is 0 Å². The maximum absolute atomic E-state index is 8.73. The third kappa shape index (κ3) is 3.75. The molecule has 0 N–H and O–H groups in total. The monoisotopic (exact) mass is 175 g/mol. The van der Waals surface area contributed by atoms with E-state index in [-0.39, 0.29) is 5.92 Å². The molecule has 1 rings (SSSR count).